The third kappa shape index (κ3) is 3.88. The van der Waals surface area contributed by atoms with Gasteiger partial charge in [0.2, 0.25) is 0 Å². The first kappa shape index (κ1) is 13.2. The van der Waals surface area contributed by atoms with Crippen molar-refractivity contribution in [3.05, 3.63) is 53.9 Å². The van der Waals surface area contributed by atoms with E-state index >= 15 is 0 Å². The second-order valence-electron chi connectivity index (χ2n) is 4.60. The molecule has 1 atom stereocenters. The summed E-state index contributed by atoms with van der Waals surface area (Å²) in [6.07, 6.45) is 7.37. The van der Waals surface area contributed by atoms with E-state index in [4.69, 9.17) is 11.6 Å². The van der Waals surface area contributed by atoms with Gasteiger partial charge in [-0.3, -0.25) is 4.68 Å². The van der Waals surface area contributed by atoms with E-state index in [1.54, 1.807) is 0 Å². The first-order chi connectivity index (χ1) is 8.75. The molecule has 0 saturated heterocycles. The van der Waals surface area contributed by atoms with Crippen molar-refractivity contribution in [3.8, 4) is 0 Å². The van der Waals surface area contributed by atoms with Crippen LogP contribution in [0.3, 0.4) is 0 Å². The summed E-state index contributed by atoms with van der Waals surface area (Å²) in [5.74, 6) is 0. The maximum atomic E-state index is 6.00. The molecule has 1 aromatic carbocycles. The zero-order valence-corrected chi connectivity index (χ0v) is 11.5. The van der Waals surface area contributed by atoms with Gasteiger partial charge in [-0.25, -0.2) is 0 Å². The van der Waals surface area contributed by atoms with Gasteiger partial charge in [0, 0.05) is 18.3 Å². The van der Waals surface area contributed by atoms with Crippen LogP contribution in [0.2, 0.25) is 0 Å². The summed E-state index contributed by atoms with van der Waals surface area (Å²) >= 11 is 6.00. The van der Waals surface area contributed by atoms with Gasteiger partial charge in [0.15, 0.2) is 0 Å². The molecular weight excluding hydrogens is 244 g/mol. The van der Waals surface area contributed by atoms with Crippen molar-refractivity contribution in [2.24, 2.45) is 0 Å². The molecular formula is C15H19ClN2. The average molecular weight is 263 g/mol. The zero-order chi connectivity index (χ0) is 12.8. The number of hydrogen-bond donors (Lipinski definition) is 0. The fourth-order valence-electron chi connectivity index (χ4n) is 1.95. The SMILES string of the molecule is CC(Cl)c1cnn(CCCCc2ccccc2)c1. The lowest BCUT2D eigenvalue weighted by Gasteiger charge is -2.02. The Morgan fingerprint density at radius 3 is 2.67 bits per heavy atom. The van der Waals surface area contributed by atoms with Crippen molar-refractivity contribution < 1.29 is 0 Å². The molecule has 2 nitrogen and oxygen atoms in total. The number of alkyl halides is 1. The Morgan fingerprint density at radius 2 is 2.00 bits per heavy atom. The van der Waals surface area contributed by atoms with Crippen LogP contribution in [0, 0.1) is 0 Å². The van der Waals surface area contributed by atoms with E-state index in [-0.39, 0.29) is 5.38 Å². The molecule has 1 aromatic heterocycles. The second-order valence-corrected chi connectivity index (χ2v) is 5.25. The number of unbranched alkanes of at least 4 members (excludes halogenated alkanes) is 1. The van der Waals surface area contributed by atoms with Crippen LogP contribution in [0.5, 0.6) is 0 Å². The minimum absolute atomic E-state index is 0.0445. The first-order valence-electron chi connectivity index (χ1n) is 6.46. The van der Waals surface area contributed by atoms with Crippen LogP contribution >= 0.6 is 11.6 Å². The van der Waals surface area contributed by atoms with Crippen molar-refractivity contribution in [3.63, 3.8) is 0 Å². The predicted molar refractivity (Wildman–Crippen MR) is 75.9 cm³/mol. The van der Waals surface area contributed by atoms with E-state index in [9.17, 15) is 0 Å². The molecule has 0 fully saturated rings. The van der Waals surface area contributed by atoms with Crippen LogP contribution in [0.25, 0.3) is 0 Å². The molecule has 0 amide bonds. The topological polar surface area (TPSA) is 17.8 Å². The number of benzene rings is 1. The molecule has 2 aromatic rings. The molecule has 1 heterocycles. The number of aryl methyl sites for hydroxylation is 2. The van der Waals surface area contributed by atoms with Crippen LogP contribution in [0.1, 0.15) is 36.3 Å². The quantitative estimate of drug-likeness (QED) is 0.563. The summed E-state index contributed by atoms with van der Waals surface area (Å²) < 4.78 is 1.99. The minimum Gasteiger partial charge on any atom is -0.272 e. The third-order valence-corrected chi connectivity index (χ3v) is 3.31. The molecule has 3 heteroatoms. The van der Waals surface area contributed by atoms with Gasteiger partial charge in [0.1, 0.15) is 0 Å². The Balaban J connectivity index is 1.72. The maximum absolute atomic E-state index is 6.00. The molecule has 0 saturated carbocycles. The summed E-state index contributed by atoms with van der Waals surface area (Å²) in [6.45, 7) is 2.94. The van der Waals surface area contributed by atoms with E-state index in [0.717, 1.165) is 24.9 Å². The molecule has 18 heavy (non-hydrogen) atoms. The Morgan fingerprint density at radius 1 is 1.22 bits per heavy atom. The highest BCUT2D eigenvalue weighted by molar-refractivity contribution is 6.20. The molecule has 0 radical (unpaired) electrons. The van der Waals surface area contributed by atoms with Crippen molar-refractivity contribution in [1.29, 1.82) is 0 Å². The van der Waals surface area contributed by atoms with Crippen molar-refractivity contribution >= 4 is 11.6 Å². The molecule has 0 bridgehead atoms. The first-order valence-corrected chi connectivity index (χ1v) is 6.89. The van der Waals surface area contributed by atoms with Gasteiger partial charge in [-0.05, 0) is 31.7 Å². The smallest absolute Gasteiger partial charge is 0.0588 e. The monoisotopic (exact) mass is 262 g/mol. The molecule has 1 unspecified atom stereocenters. The standard InChI is InChI=1S/C15H19ClN2/c1-13(16)15-11-17-18(12-15)10-6-5-9-14-7-3-2-4-8-14/h2-4,7-8,11-13H,5-6,9-10H2,1H3. The fraction of sp³-hybridized carbons (Fsp3) is 0.400. The van der Waals surface area contributed by atoms with Gasteiger partial charge in [-0.2, -0.15) is 5.10 Å². The van der Waals surface area contributed by atoms with Gasteiger partial charge in [-0.15, -0.1) is 11.6 Å². The highest BCUT2D eigenvalue weighted by Gasteiger charge is 2.03. The van der Waals surface area contributed by atoms with Crippen LogP contribution in [0.4, 0.5) is 0 Å². The Labute approximate surface area is 114 Å². The average Bonchev–Trinajstić information content (AvgIpc) is 2.85. The molecule has 0 aliphatic rings. The lowest BCUT2D eigenvalue weighted by molar-refractivity contribution is 0.557. The van der Waals surface area contributed by atoms with Gasteiger partial charge in [-0.1, -0.05) is 30.3 Å². The van der Waals surface area contributed by atoms with E-state index < -0.39 is 0 Å². The lowest BCUT2D eigenvalue weighted by atomic mass is 10.1. The minimum atomic E-state index is 0.0445. The number of nitrogens with zero attached hydrogens (tertiary/aromatic N) is 2. The van der Waals surface area contributed by atoms with Crippen molar-refractivity contribution in [2.45, 2.75) is 38.1 Å². The van der Waals surface area contributed by atoms with E-state index in [1.165, 1.54) is 12.0 Å². The summed E-state index contributed by atoms with van der Waals surface area (Å²) in [6, 6.07) is 10.6. The Kier molecular flexibility index (Phi) is 4.82. The number of aromatic nitrogens is 2. The van der Waals surface area contributed by atoms with Crippen molar-refractivity contribution in [2.75, 3.05) is 0 Å². The molecule has 96 valence electrons. The number of hydrogen-bond acceptors (Lipinski definition) is 1. The Hall–Kier alpha value is -1.28. The van der Waals surface area contributed by atoms with E-state index in [1.807, 2.05) is 24.0 Å². The maximum Gasteiger partial charge on any atom is 0.0588 e. The second kappa shape index (κ2) is 6.60. The molecule has 0 N–H and O–H groups in total. The van der Waals surface area contributed by atoms with E-state index in [0.29, 0.717) is 0 Å². The molecule has 0 spiro atoms. The predicted octanol–water partition coefficient (Wildman–Crippen LogP) is 4.21. The highest BCUT2D eigenvalue weighted by Crippen LogP contribution is 2.18. The normalized spacial score (nSPS) is 12.6. The third-order valence-electron chi connectivity index (χ3n) is 3.06. The van der Waals surface area contributed by atoms with Crippen LogP contribution in [-0.2, 0) is 13.0 Å². The summed E-state index contributed by atoms with van der Waals surface area (Å²) in [7, 11) is 0. The molecule has 2 rings (SSSR count). The number of rotatable bonds is 6. The highest BCUT2D eigenvalue weighted by atomic mass is 35.5. The largest absolute Gasteiger partial charge is 0.272 e. The van der Waals surface area contributed by atoms with Crippen LogP contribution < -0.4 is 0 Å². The summed E-state index contributed by atoms with van der Waals surface area (Å²) in [5.41, 5.74) is 2.51. The van der Waals surface area contributed by atoms with Gasteiger partial charge in [0.05, 0.1) is 11.6 Å². The Bertz CT molecular complexity index is 462. The molecule has 0 aliphatic heterocycles. The van der Waals surface area contributed by atoms with Crippen LogP contribution in [-0.4, -0.2) is 9.78 Å². The van der Waals surface area contributed by atoms with Crippen molar-refractivity contribution in [1.82, 2.24) is 9.78 Å². The fourth-order valence-corrected chi connectivity index (χ4v) is 2.07. The van der Waals surface area contributed by atoms with Gasteiger partial charge >= 0.3 is 0 Å². The summed E-state index contributed by atoms with van der Waals surface area (Å²) in [5, 5.41) is 4.36. The zero-order valence-electron chi connectivity index (χ0n) is 10.7. The lowest BCUT2D eigenvalue weighted by Crippen LogP contribution is -1.99. The van der Waals surface area contributed by atoms with Gasteiger partial charge < -0.3 is 0 Å². The van der Waals surface area contributed by atoms with Gasteiger partial charge in [0.25, 0.3) is 0 Å². The van der Waals surface area contributed by atoms with E-state index in [2.05, 4.69) is 35.4 Å². The summed E-state index contributed by atoms with van der Waals surface area (Å²) in [4.78, 5) is 0. The number of halogens is 1. The molecule has 0 aliphatic carbocycles. The van der Waals surface area contributed by atoms with Crippen LogP contribution in [0.15, 0.2) is 42.7 Å².